The van der Waals surface area contributed by atoms with Crippen molar-refractivity contribution in [3.8, 4) is 11.3 Å². The Morgan fingerprint density at radius 1 is 1.23 bits per heavy atom. The lowest BCUT2D eigenvalue weighted by Crippen LogP contribution is -2.17. The highest BCUT2D eigenvalue weighted by Gasteiger charge is 2.14. The Morgan fingerprint density at radius 3 is 2.74 bits per heavy atom. The van der Waals surface area contributed by atoms with E-state index in [1.165, 1.54) is 21.8 Å². The molecule has 0 saturated heterocycles. The van der Waals surface area contributed by atoms with Gasteiger partial charge in [0, 0.05) is 16.3 Å². The second-order valence-corrected chi connectivity index (χ2v) is 8.31. The lowest BCUT2D eigenvalue weighted by atomic mass is 10.1. The average Bonchev–Trinajstić information content (AvgIpc) is 3.23. The van der Waals surface area contributed by atoms with Gasteiger partial charge in [-0.2, -0.15) is 5.10 Å². The fourth-order valence-electron chi connectivity index (χ4n) is 3.10. The molecule has 7 nitrogen and oxygen atoms in total. The van der Waals surface area contributed by atoms with Gasteiger partial charge in [0.2, 0.25) is 11.1 Å². The number of benzene rings is 2. The fraction of sp³-hybridized carbons (Fsp3) is 0.182. The van der Waals surface area contributed by atoms with Crippen LogP contribution >= 0.6 is 23.4 Å². The van der Waals surface area contributed by atoms with Crippen molar-refractivity contribution in [2.75, 3.05) is 11.1 Å². The number of H-pyrrole nitrogens is 1. The van der Waals surface area contributed by atoms with E-state index in [4.69, 9.17) is 11.6 Å². The van der Waals surface area contributed by atoms with Crippen LogP contribution in [0.5, 0.6) is 0 Å². The van der Waals surface area contributed by atoms with Crippen LogP contribution in [0.1, 0.15) is 18.1 Å². The van der Waals surface area contributed by atoms with Gasteiger partial charge in [0.25, 0.3) is 5.56 Å². The van der Waals surface area contributed by atoms with E-state index in [9.17, 15) is 9.59 Å². The first-order valence-corrected chi connectivity index (χ1v) is 11.1. The van der Waals surface area contributed by atoms with Crippen molar-refractivity contribution in [1.29, 1.82) is 0 Å². The number of thioether (sulfide) groups is 1. The van der Waals surface area contributed by atoms with Crippen molar-refractivity contribution < 1.29 is 4.79 Å². The van der Waals surface area contributed by atoms with Gasteiger partial charge in [0.15, 0.2) is 0 Å². The standard InChI is InChI=1S/C22H20ClN5O2S/c1-3-14-7-9-15(10-8-14)18-11-19-21(30)25-26-22(28(19)27-18)31-12-20(29)24-17-6-4-5-16(23)13(17)2/h4-11H,3,12H2,1-2H3,(H,24,29)(H,25,30). The van der Waals surface area contributed by atoms with E-state index >= 15 is 0 Å². The molecule has 2 aromatic carbocycles. The Hall–Kier alpha value is -3.10. The van der Waals surface area contributed by atoms with E-state index in [1.807, 2.05) is 31.2 Å². The molecule has 4 rings (SSSR count). The predicted molar refractivity (Wildman–Crippen MR) is 124 cm³/mol. The molecule has 0 aliphatic rings. The number of nitrogens with one attached hydrogen (secondary N) is 2. The summed E-state index contributed by atoms with van der Waals surface area (Å²) in [6.07, 6.45) is 0.951. The van der Waals surface area contributed by atoms with Gasteiger partial charge in [-0.3, -0.25) is 9.59 Å². The number of rotatable bonds is 6. The van der Waals surface area contributed by atoms with Crippen molar-refractivity contribution in [2.45, 2.75) is 25.4 Å². The highest BCUT2D eigenvalue weighted by Crippen LogP contribution is 2.24. The number of amides is 1. The minimum atomic E-state index is -0.340. The van der Waals surface area contributed by atoms with E-state index in [1.54, 1.807) is 24.3 Å². The van der Waals surface area contributed by atoms with Crippen LogP contribution in [0.3, 0.4) is 0 Å². The first-order valence-electron chi connectivity index (χ1n) is 9.72. The number of carbonyl (C=O) groups is 1. The zero-order chi connectivity index (χ0) is 22.0. The van der Waals surface area contributed by atoms with E-state index in [0.717, 1.165) is 17.5 Å². The Bertz CT molecular complexity index is 1310. The smallest absolute Gasteiger partial charge is 0.290 e. The Balaban J connectivity index is 1.55. The summed E-state index contributed by atoms with van der Waals surface area (Å²) in [5.74, 6) is -0.112. The summed E-state index contributed by atoms with van der Waals surface area (Å²) >= 11 is 7.29. The molecule has 0 aliphatic heterocycles. The maximum absolute atomic E-state index is 12.4. The normalized spacial score (nSPS) is 11.1. The summed E-state index contributed by atoms with van der Waals surface area (Å²) in [6, 6.07) is 15.1. The van der Waals surface area contributed by atoms with Crippen LogP contribution in [0, 0.1) is 6.92 Å². The maximum atomic E-state index is 12.4. The quantitative estimate of drug-likeness (QED) is 0.424. The zero-order valence-electron chi connectivity index (χ0n) is 17.0. The fourth-order valence-corrected chi connectivity index (χ4v) is 3.98. The lowest BCUT2D eigenvalue weighted by Gasteiger charge is -2.09. The maximum Gasteiger partial charge on any atom is 0.290 e. The third kappa shape index (κ3) is 4.50. The monoisotopic (exact) mass is 453 g/mol. The van der Waals surface area contributed by atoms with Crippen LogP contribution < -0.4 is 10.9 Å². The summed E-state index contributed by atoms with van der Waals surface area (Å²) in [6.45, 7) is 3.94. The molecule has 4 aromatic rings. The van der Waals surface area contributed by atoms with Crippen LogP contribution in [-0.4, -0.2) is 31.5 Å². The summed E-state index contributed by atoms with van der Waals surface area (Å²) in [5.41, 5.74) is 4.30. The molecule has 0 aliphatic carbocycles. The van der Waals surface area contributed by atoms with E-state index in [0.29, 0.717) is 27.1 Å². The van der Waals surface area contributed by atoms with E-state index in [-0.39, 0.29) is 17.2 Å². The number of aromatic amines is 1. The zero-order valence-corrected chi connectivity index (χ0v) is 18.5. The van der Waals surface area contributed by atoms with Gasteiger partial charge in [-0.1, -0.05) is 60.6 Å². The number of hydrogen-bond donors (Lipinski definition) is 2. The number of nitrogens with zero attached hydrogens (tertiary/aromatic N) is 3. The van der Waals surface area contributed by atoms with Gasteiger partial charge in [-0.05, 0) is 42.7 Å². The largest absolute Gasteiger partial charge is 0.325 e. The molecule has 2 heterocycles. The van der Waals surface area contributed by atoms with E-state index < -0.39 is 0 Å². The van der Waals surface area contributed by atoms with Gasteiger partial charge in [0.05, 0.1) is 11.4 Å². The van der Waals surface area contributed by atoms with Gasteiger partial charge < -0.3 is 5.32 Å². The SMILES string of the molecule is CCc1ccc(-c2cc3c(=O)[nH]nc(SCC(=O)Nc4cccc(Cl)c4C)n3n2)cc1. The molecule has 0 fully saturated rings. The molecule has 2 aromatic heterocycles. The Labute approximate surface area is 187 Å². The van der Waals surface area contributed by atoms with Crippen LogP contribution in [-0.2, 0) is 11.2 Å². The van der Waals surface area contributed by atoms with Gasteiger partial charge in [0.1, 0.15) is 5.52 Å². The molecule has 31 heavy (non-hydrogen) atoms. The minimum Gasteiger partial charge on any atom is -0.325 e. The summed E-state index contributed by atoms with van der Waals surface area (Å²) in [5, 5.41) is 15.0. The average molecular weight is 454 g/mol. The van der Waals surface area contributed by atoms with Crippen molar-refractivity contribution >= 4 is 40.5 Å². The van der Waals surface area contributed by atoms with Crippen LogP contribution in [0.2, 0.25) is 5.02 Å². The summed E-state index contributed by atoms with van der Waals surface area (Å²) in [7, 11) is 0. The second kappa shape index (κ2) is 8.95. The van der Waals surface area contributed by atoms with Gasteiger partial charge >= 0.3 is 0 Å². The van der Waals surface area contributed by atoms with Gasteiger partial charge in [-0.15, -0.1) is 5.10 Å². The van der Waals surface area contributed by atoms with Crippen LogP contribution in [0.4, 0.5) is 5.69 Å². The molecule has 0 saturated carbocycles. The molecule has 0 spiro atoms. The van der Waals surface area contributed by atoms with Crippen molar-refractivity contribution in [2.24, 2.45) is 0 Å². The number of aryl methyl sites for hydroxylation is 1. The molecule has 0 bridgehead atoms. The molecule has 0 radical (unpaired) electrons. The second-order valence-electron chi connectivity index (χ2n) is 6.96. The molecule has 0 atom stereocenters. The number of hydrogen-bond acceptors (Lipinski definition) is 5. The highest BCUT2D eigenvalue weighted by atomic mass is 35.5. The summed E-state index contributed by atoms with van der Waals surface area (Å²) < 4.78 is 1.48. The van der Waals surface area contributed by atoms with Crippen molar-refractivity contribution in [3.05, 3.63) is 75.0 Å². The molecule has 1 amide bonds. The Kier molecular flexibility index (Phi) is 6.11. The van der Waals surface area contributed by atoms with Crippen molar-refractivity contribution in [1.82, 2.24) is 19.8 Å². The van der Waals surface area contributed by atoms with Crippen molar-refractivity contribution in [3.63, 3.8) is 0 Å². The summed E-state index contributed by atoms with van der Waals surface area (Å²) in [4.78, 5) is 24.7. The molecule has 158 valence electrons. The lowest BCUT2D eigenvalue weighted by molar-refractivity contribution is -0.113. The first-order chi connectivity index (χ1) is 15.0. The topological polar surface area (TPSA) is 92.1 Å². The molecule has 2 N–H and O–H groups in total. The first kappa shape index (κ1) is 21.1. The van der Waals surface area contributed by atoms with E-state index in [2.05, 4.69) is 27.5 Å². The number of carbonyl (C=O) groups excluding carboxylic acids is 1. The van der Waals surface area contributed by atoms with Crippen LogP contribution in [0.15, 0.2) is 58.5 Å². The predicted octanol–water partition coefficient (Wildman–Crippen LogP) is 4.34. The van der Waals surface area contributed by atoms with Crippen LogP contribution in [0.25, 0.3) is 16.8 Å². The minimum absolute atomic E-state index is 0.0977. The molecule has 9 heteroatoms. The third-order valence-corrected chi connectivity index (χ3v) is 6.25. The number of fused-ring (bicyclic) bond motifs is 1. The third-order valence-electron chi connectivity index (χ3n) is 4.91. The Morgan fingerprint density at radius 2 is 2.00 bits per heavy atom. The molecular weight excluding hydrogens is 434 g/mol. The highest BCUT2D eigenvalue weighted by molar-refractivity contribution is 7.99. The number of aromatic nitrogens is 4. The van der Waals surface area contributed by atoms with Gasteiger partial charge in [-0.25, -0.2) is 9.61 Å². The molecule has 0 unspecified atom stereocenters. The molecular formula is C22H20ClN5O2S. The number of anilines is 1. The number of halogens is 1.